The third-order valence-corrected chi connectivity index (χ3v) is 7.01. The predicted molar refractivity (Wildman–Crippen MR) is 113 cm³/mol. The van der Waals surface area contributed by atoms with Crippen LogP contribution < -0.4 is 4.74 Å². The highest BCUT2D eigenvalue weighted by Gasteiger charge is 2.48. The van der Waals surface area contributed by atoms with Crippen LogP contribution in [0.15, 0.2) is 24.3 Å². The fourth-order valence-electron chi connectivity index (χ4n) is 5.15. The maximum atomic E-state index is 6.20. The highest BCUT2D eigenvalue weighted by molar-refractivity contribution is 5.34. The molecule has 1 unspecified atom stereocenters. The quantitative estimate of drug-likeness (QED) is 0.652. The lowest BCUT2D eigenvalue weighted by molar-refractivity contribution is -0.194. The maximum absolute atomic E-state index is 6.20. The first-order valence-corrected chi connectivity index (χ1v) is 11.5. The van der Waals surface area contributed by atoms with E-state index in [0.717, 1.165) is 70.6 Å². The number of unbranched alkanes of at least 4 members (excludes halogenated alkanes) is 1. The minimum absolute atomic E-state index is 0.00250. The molecule has 2 heterocycles. The predicted octanol–water partition coefficient (Wildman–Crippen LogP) is 4.84. The molecule has 162 valence electrons. The maximum Gasteiger partial charge on any atom is 0.199 e. The molecule has 2 saturated heterocycles. The SMILES string of the molecule is CCCCN(C)C1(c2cccc(OC3CCCCO3)c2)CCC2(CC1)OCCO2. The van der Waals surface area contributed by atoms with Gasteiger partial charge in [0, 0.05) is 24.8 Å². The van der Waals surface area contributed by atoms with Gasteiger partial charge in [0.2, 0.25) is 0 Å². The van der Waals surface area contributed by atoms with Crippen molar-refractivity contribution in [2.45, 2.75) is 82.3 Å². The third kappa shape index (κ3) is 4.63. The number of ether oxygens (including phenoxy) is 4. The average molecular weight is 404 g/mol. The summed E-state index contributed by atoms with van der Waals surface area (Å²) in [5, 5.41) is 0. The van der Waals surface area contributed by atoms with Crippen molar-refractivity contribution in [3.05, 3.63) is 29.8 Å². The van der Waals surface area contributed by atoms with Crippen LogP contribution in [0, 0.1) is 0 Å². The number of hydrogen-bond donors (Lipinski definition) is 0. The molecule has 3 aliphatic rings. The zero-order chi connectivity index (χ0) is 20.2. The van der Waals surface area contributed by atoms with Crippen LogP contribution in [-0.2, 0) is 19.7 Å². The standard InChI is InChI=1S/C24H37NO4/c1-3-4-15-25(2)23(11-13-24(14-12-23)27-17-18-28-24)20-8-7-9-21(19-20)29-22-10-5-6-16-26-22/h7-9,19,22H,3-6,10-18H2,1-2H3. The summed E-state index contributed by atoms with van der Waals surface area (Å²) in [6.45, 7) is 5.61. The fourth-order valence-corrected chi connectivity index (χ4v) is 5.15. The zero-order valence-electron chi connectivity index (χ0n) is 18.2. The van der Waals surface area contributed by atoms with E-state index in [-0.39, 0.29) is 17.6 Å². The van der Waals surface area contributed by atoms with Crippen LogP contribution >= 0.6 is 0 Å². The van der Waals surface area contributed by atoms with Gasteiger partial charge in [-0.1, -0.05) is 25.5 Å². The molecule has 4 rings (SSSR count). The molecule has 29 heavy (non-hydrogen) atoms. The van der Waals surface area contributed by atoms with Gasteiger partial charge in [-0.3, -0.25) is 4.90 Å². The van der Waals surface area contributed by atoms with Gasteiger partial charge in [-0.15, -0.1) is 0 Å². The van der Waals surface area contributed by atoms with E-state index in [1.54, 1.807) is 0 Å². The monoisotopic (exact) mass is 403 g/mol. The number of hydrogen-bond acceptors (Lipinski definition) is 5. The van der Waals surface area contributed by atoms with E-state index in [9.17, 15) is 0 Å². The first-order chi connectivity index (χ1) is 14.2. The largest absolute Gasteiger partial charge is 0.465 e. The molecule has 5 nitrogen and oxygen atoms in total. The van der Waals surface area contributed by atoms with Gasteiger partial charge < -0.3 is 18.9 Å². The molecule has 1 aromatic rings. The Morgan fingerprint density at radius 1 is 1.07 bits per heavy atom. The van der Waals surface area contributed by atoms with Crippen LogP contribution in [0.4, 0.5) is 0 Å². The zero-order valence-corrected chi connectivity index (χ0v) is 18.2. The van der Waals surface area contributed by atoms with Crippen molar-refractivity contribution in [3.8, 4) is 5.75 Å². The number of nitrogens with zero attached hydrogens (tertiary/aromatic N) is 1. The van der Waals surface area contributed by atoms with Crippen LogP contribution in [-0.4, -0.2) is 50.4 Å². The Morgan fingerprint density at radius 3 is 2.55 bits per heavy atom. The Morgan fingerprint density at radius 2 is 1.86 bits per heavy atom. The summed E-state index contributed by atoms with van der Waals surface area (Å²) in [7, 11) is 2.28. The number of benzene rings is 1. The average Bonchev–Trinajstić information content (AvgIpc) is 3.22. The highest BCUT2D eigenvalue weighted by atomic mass is 16.7. The summed E-state index contributed by atoms with van der Waals surface area (Å²) in [6, 6.07) is 8.71. The van der Waals surface area contributed by atoms with Crippen molar-refractivity contribution >= 4 is 0 Å². The van der Waals surface area contributed by atoms with Gasteiger partial charge in [-0.05, 0) is 63.4 Å². The van der Waals surface area contributed by atoms with E-state index in [1.165, 1.54) is 24.8 Å². The molecule has 1 spiro atoms. The molecule has 5 heteroatoms. The molecule has 2 aliphatic heterocycles. The van der Waals surface area contributed by atoms with E-state index in [4.69, 9.17) is 18.9 Å². The first kappa shape index (κ1) is 21.1. The Balaban J connectivity index is 1.55. The van der Waals surface area contributed by atoms with Gasteiger partial charge in [0.15, 0.2) is 12.1 Å². The second-order valence-corrected chi connectivity index (χ2v) is 8.86. The lowest BCUT2D eigenvalue weighted by atomic mass is 9.73. The summed E-state index contributed by atoms with van der Waals surface area (Å²) in [4.78, 5) is 2.56. The van der Waals surface area contributed by atoms with Gasteiger partial charge in [0.25, 0.3) is 0 Å². The summed E-state index contributed by atoms with van der Waals surface area (Å²) in [5.41, 5.74) is 1.35. The number of rotatable bonds is 7. The van der Waals surface area contributed by atoms with Crippen molar-refractivity contribution in [3.63, 3.8) is 0 Å². The van der Waals surface area contributed by atoms with Crippen molar-refractivity contribution in [1.82, 2.24) is 4.90 Å². The molecule has 0 N–H and O–H groups in total. The van der Waals surface area contributed by atoms with Gasteiger partial charge in [0.1, 0.15) is 5.75 Å². The second-order valence-electron chi connectivity index (χ2n) is 8.86. The van der Waals surface area contributed by atoms with Crippen LogP contribution in [0.3, 0.4) is 0 Å². The Labute approximate surface area is 175 Å². The summed E-state index contributed by atoms with van der Waals surface area (Å²) >= 11 is 0. The molecular weight excluding hydrogens is 366 g/mol. The van der Waals surface area contributed by atoms with Gasteiger partial charge >= 0.3 is 0 Å². The van der Waals surface area contributed by atoms with Crippen LogP contribution in [0.25, 0.3) is 0 Å². The van der Waals surface area contributed by atoms with Crippen molar-refractivity contribution in [2.75, 3.05) is 33.4 Å². The molecule has 3 fully saturated rings. The topological polar surface area (TPSA) is 40.2 Å². The van der Waals surface area contributed by atoms with Crippen molar-refractivity contribution in [2.24, 2.45) is 0 Å². The second kappa shape index (κ2) is 9.34. The van der Waals surface area contributed by atoms with Crippen molar-refractivity contribution in [1.29, 1.82) is 0 Å². The van der Waals surface area contributed by atoms with Gasteiger partial charge in [-0.2, -0.15) is 0 Å². The lowest BCUT2D eigenvalue weighted by Gasteiger charge is -2.49. The Hall–Kier alpha value is -1.14. The molecule has 1 aliphatic carbocycles. The molecule has 0 bridgehead atoms. The van der Waals surface area contributed by atoms with Gasteiger partial charge in [0.05, 0.1) is 19.8 Å². The van der Waals surface area contributed by atoms with Crippen LogP contribution in [0.1, 0.15) is 70.3 Å². The minimum atomic E-state index is -0.348. The van der Waals surface area contributed by atoms with E-state index < -0.39 is 0 Å². The molecule has 0 amide bonds. The molecule has 1 atom stereocenters. The Bertz CT molecular complexity index is 642. The van der Waals surface area contributed by atoms with E-state index in [1.807, 2.05) is 0 Å². The highest BCUT2D eigenvalue weighted by Crippen LogP contribution is 2.48. The minimum Gasteiger partial charge on any atom is -0.465 e. The van der Waals surface area contributed by atoms with E-state index in [2.05, 4.69) is 43.1 Å². The summed E-state index contributed by atoms with van der Waals surface area (Å²) in [6.07, 6.45) is 9.56. The first-order valence-electron chi connectivity index (χ1n) is 11.5. The van der Waals surface area contributed by atoms with Gasteiger partial charge in [-0.25, -0.2) is 0 Å². The van der Waals surface area contributed by atoms with Crippen molar-refractivity contribution < 1.29 is 18.9 Å². The van der Waals surface area contributed by atoms with E-state index in [0.29, 0.717) is 0 Å². The summed E-state index contributed by atoms with van der Waals surface area (Å²) < 4.78 is 24.0. The fraction of sp³-hybridized carbons (Fsp3) is 0.750. The lowest BCUT2D eigenvalue weighted by Crippen LogP contribution is -2.51. The molecule has 1 saturated carbocycles. The molecule has 0 aromatic heterocycles. The van der Waals surface area contributed by atoms with Crippen LogP contribution in [0.2, 0.25) is 0 Å². The van der Waals surface area contributed by atoms with Crippen LogP contribution in [0.5, 0.6) is 5.75 Å². The molecule has 0 radical (unpaired) electrons. The van der Waals surface area contributed by atoms with E-state index >= 15 is 0 Å². The Kier molecular flexibility index (Phi) is 6.80. The summed E-state index contributed by atoms with van der Waals surface area (Å²) in [5.74, 6) is 0.574. The third-order valence-electron chi connectivity index (χ3n) is 7.01. The normalized spacial score (nSPS) is 26.1. The molecular formula is C24H37NO4. The smallest absolute Gasteiger partial charge is 0.199 e. The molecule has 1 aromatic carbocycles.